The first-order chi connectivity index (χ1) is 17.6. The average molecular weight is 484 g/mol. The quantitative estimate of drug-likeness (QED) is 0.361. The Kier molecular flexibility index (Phi) is 5.65. The fourth-order valence-electron chi connectivity index (χ4n) is 4.51. The smallest absolute Gasteiger partial charge is 0.233 e. The summed E-state index contributed by atoms with van der Waals surface area (Å²) in [5.74, 6) is 1.77. The summed E-state index contributed by atoms with van der Waals surface area (Å²) in [7, 11) is 1.98. The van der Waals surface area contributed by atoms with E-state index in [0.29, 0.717) is 17.7 Å². The Morgan fingerprint density at radius 1 is 0.917 bits per heavy atom. The topological polar surface area (TPSA) is 98.0 Å². The minimum absolute atomic E-state index is 0.203. The van der Waals surface area contributed by atoms with Gasteiger partial charge in [0, 0.05) is 37.6 Å². The molecule has 0 unspecified atom stereocenters. The number of ether oxygens (including phenoxy) is 1. The van der Waals surface area contributed by atoms with Gasteiger partial charge >= 0.3 is 0 Å². The van der Waals surface area contributed by atoms with E-state index in [2.05, 4.69) is 58.6 Å². The summed E-state index contributed by atoms with van der Waals surface area (Å²) in [5.41, 5.74) is 5.54. The van der Waals surface area contributed by atoms with Gasteiger partial charge in [0.05, 0.1) is 30.6 Å². The number of nitrogens with zero attached hydrogens (tertiary/aromatic N) is 7. The molecule has 6 rings (SSSR count). The second-order valence-corrected chi connectivity index (χ2v) is 9.19. The minimum atomic E-state index is 0.203. The lowest BCUT2D eigenvalue weighted by Crippen LogP contribution is -2.36. The van der Waals surface area contributed by atoms with E-state index in [0.717, 1.165) is 54.2 Å². The Bertz CT molecular complexity index is 1510. The van der Waals surface area contributed by atoms with E-state index in [-0.39, 0.29) is 6.04 Å². The van der Waals surface area contributed by atoms with Gasteiger partial charge in [-0.3, -0.25) is 5.32 Å². The van der Waals surface area contributed by atoms with E-state index < -0.39 is 0 Å². The molecule has 10 heteroatoms. The number of aryl methyl sites for hydroxylation is 1. The molecule has 1 aliphatic heterocycles. The van der Waals surface area contributed by atoms with Crippen LogP contribution in [0.1, 0.15) is 19.9 Å². The van der Waals surface area contributed by atoms with Gasteiger partial charge in [0.2, 0.25) is 11.9 Å². The summed E-state index contributed by atoms with van der Waals surface area (Å²) in [4.78, 5) is 21.3. The van der Waals surface area contributed by atoms with Gasteiger partial charge in [-0.2, -0.15) is 9.97 Å². The van der Waals surface area contributed by atoms with E-state index in [9.17, 15) is 0 Å². The molecular formula is C26H29N9O. The van der Waals surface area contributed by atoms with Crippen molar-refractivity contribution >= 4 is 51.3 Å². The third-order valence-electron chi connectivity index (χ3n) is 6.49. The van der Waals surface area contributed by atoms with Crippen LogP contribution in [-0.2, 0) is 11.8 Å². The van der Waals surface area contributed by atoms with Crippen LogP contribution in [0, 0.1) is 0 Å². The molecule has 0 atom stereocenters. The molecule has 3 aromatic heterocycles. The van der Waals surface area contributed by atoms with Crippen LogP contribution in [0.3, 0.4) is 0 Å². The van der Waals surface area contributed by atoms with Crippen molar-refractivity contribution in [1.29, 1.82) is 0 Å². The molecule has 1 saturated heterocycles. The molecule has 4 heterocycles. The van der Waals surface area contributed by atoms with Crippen molar-refractivity contribution in [1.82, 2.24) is 29.1 Å². The second kappa shape index (κ2) is 9.12. The Balaban J connectivity index is 1.35. The van der Waals surface area contributed by atoms with Crippen LogP contribution in [0.15, 0.2) is 54.9 Å². The monoisotopic (exact) mass is 483 g/mol. The van der Waals surface area contributed by atoms with Crippen LogP contribution in [0.25, 0.3) is 22.2 Å². The fourth-order valence-corrected chi connectivity index (χ4v) is 4.51. The third kappa shape index (κ3) is 4.09. The first-order valence-corrected chi connectivity index (χ1v) is 12.2. The van der Waals surface area contributed by atoms with Crippen LogP contribution in [0.4, 0.5) is 29.1 Å². The van der Waals surface area contributed by atoms with Crippen molar-refractivity contribution < 1.29 is 4.74 Å². The third-order valence-corrected chi connectivity index (χ3v) is 6.49. The molecule has 0 bridgehead atoms. The molecule has 36 heavy (non-hydrogen) atoms. The van der Waals surface area contributed by atoms with Crippen molar-refractivity contribution in [2.24, 2.45) is 7.05 Å². The Morgan fingerprint density at radius 3 is 2.44 bits per heavy atom. The van der Waals surface area contributed by atoms with Crippen LogP contribution >= 0.6 is 0 Å². The molecule has 1 aliphatic rings. The first kappa shape index (κ1) is 22.3. The van der Waals surface area contributed by atoms with Crippen molar-refractivity contribution in [3.05, 3.63) is 54.9 Å². The number of hydrogen-bond acceptors (Lipinski definition) is 8. The first-order valence-electron chi connectivity index (χ1n) is 12.2. The molecule has 184 valence electrons. The number of rotatable bonds is 6. The number of fused-ring (bicyclic) bond motifs is 2. The zero-order valence-electron chi connectivity index (χ0n) is 20.6. The number of hydrogen-bond donors (Lipinski definition) is 2. The number of para-hydroxylation sites is 2. The minimum Gasteiger partial charge on any atom is -0.378 e. The largest absolute Gasteiger partial charge is 0.378 e. The zero-order chi connectivity index (χ0) is 24.6. The fraction of sp³-hybridized carbons (Fsp3) is 0.308. The van der Waals surface area contributed by atoms with Crippen LogP contribution in [-0.4, -0.2) is 55.4 Å². The lowest BCUT2D eigenvalue weighted by atomic mass is 10.2. The molecule has 2 aromatic carbocycles. The Labute approximate surface area is 209 Å². The van der Waals surface area contributed by atoms with Gasteiger partial charge in [-0.15, -0.1) is 0 Å². The van der Waals surface area contributed by atoms with E-state index in [1.807, 2.05) is 46.8 Å². The maximum Gasteiger partial charge on any atom is 0.233 e. The van der Waals surface area contributed by atoms with Gasteiger partial charge in [-0.05, 0) is 50.2 Å². The van der Waals surface area contributed by atoms with Gasteiger partial charge in [-0.25, -0.2) is 9.97 Å². The maximum absolute atomic E-state index is 5.47. The standard InChI is InChI=1S/C26H29N9O/c1-17(2)35-16-27-22-23(28-18-8-10-19(11-9-18)34-12-14-36-15-13-34)30-25(31-24(22)35)32-26-29-20-6-4-5-7-21(20)33(26)3/h4-11,16-17H,12-15H2,1-3H3,(H2,28,29,30,31,32). The second-order valence-electron chi connectivity index (χ2n) is 9.19. The highest BCUT2D eigenvalue weighted by atomic mass is 16.5. The number of morpholine rings is 1. The predicted molar refractivity (Wildman–Crippen MR) is 142 cm³/mol. The Hall–Kier alpha value is -4.18. The summed E-state index contributed by atoms with van der Waals surface area (Å²) >= 11 is 0. The SMILES string of the molecule is CC(C)n1cnc2c(Nc3ccc(N4CCOCC4)cc3)nc(Nc3nc4ccccc4n3C)nc21. The normalized spacial score (nSPS) is 14.2. The lowest BCUT2D eigenvalue weighted by molar-refractivity contribution is 0.122. The van der Waals surface area contributed by atoms with Gasteiger partial charge in [-0.1, -0.05) is 12.1 Å². The molecule has 5 aromatic rings. The summed E-state index contributed by atoms with van der Waals surface area (Å²) < 4.78 is 9.52. The summed E-state index contributed by atoms with van der Waals surface area (Å²) in [6, 6.07) is 16.6. The molecule has 0 spiro atoms. The maximum atomic E-state index is 5.47. The van der Waals surface area contributed by atoms with Crippen molar-refractivity contribution in [2.45, 2.75) is 19.9 Å². The number of aromatic nitrogens is 6. The highest BCUT2D eigenvalue weighted by Crippen LogP contribution is 2.29. The van der Waals surface area contributed by atoms with Gasteiger partial charge in [0.15, 0.2) is 17.0 Å². The summed E-state index contributed by atoms with van der Waals surface area (Å²) in [6.07, 6.45) is 1.82. The average Bonchev–Trinajstić information content (AvgIpc) is 3.47. The molecule has 2 N–H and O–H groups in total. The highest BCUT2D eigenvalue weighted by molar-refractivity contribution is 5.87. The molecule has 0 aliphatic carbocycles. The van der Waals surface area contributed by atoms with Crippen LogP contribution in [0.5, 0.6) is 0 Å². The van der Waals surface area contributed by atoms with E-state index in [1.54, 1.807) is 0 Å². The predicted octanol–water partition coefficient (Wildman–Crippen LogP) is 4.62. The van der Waals surface area contributed by atoms with Gasteiger partial charge in [0.25, 0.3) is 0 Å². The number of benzene rings is 2. The highest BCUT2D eigenvalue weighted by Gasteiger charge is 2.17. The summed E-state index contributed by atoms with van der Waals surface area (Å²) in [6.45, 7) is 7.56. The zero-order valence-corrected chi connectivity index (χ0v) is 20.6. The number of nitrogens with one attached hydrogen (secondary N) is 2. The van der Waals surface area contributed by atoms with Gasteiger partial charge in [0.1, 0.15) is 0 Å². The van der Waals surface area contributed by atoms with Crippen LogP contribution < -0.4 is 15.5 Å². The van der Waals surface area contributed by atoms with E-state index in [4.69, 9.17) is 19.7 Å². The molecule has 0 radical (unpaired) electrons. The van der Waals surface area contributed by atoms with E-state index in [1.165, 1.54) is 5.69 Å². The molecule has 0 amide bonds. The van der Waals surface area contributed by atoms with Crippen LogP contribution in [0.2, 0.25) is 0 Å². The molecule has 1 fully saturated rings. The van der Waals surface area contributed by atoms with Gasteiger partial charge < -0.3 is 24.1 Å². The lowest BCUT2D eigenvalue weighted by Gasteiger charge is -2.28. The summed E-state index contributed by atoms with van der Waals surface area (Å²) in [5, 5.41) is 6.78. The number of anilines is 5. The van der Waals surface area contributed by atoms with E-state index >= 15 is 0 Å². The van der Waals surface area contributed by atoms with Crippen molar-refractivity contribution in [3.8, 4) is 0 Å². The van der Waals surface area contributed by atoms with Crippen molar-refractivity contribution in [2.75, 3.05) is 41.8 Å². The molecule has 10 nitrogen and oxygen atoms in total. The molecular weight excluding hydrogens is 454 g/mol. The Morgan fingerprint density at radius 2 is 1.69 bits per heavy atom. The number of imidazole rings is 2. The molecule has 0 saturated carbocycles. The van der Waals surface area contributed by atoms with Crippen molar-refractivity contribution in [3.63, 3.8) is 0 Å².